The van der Waals surface area contributed by atoms with E-state index >= 15 is 0 Å². The van der Waals surface area contributed by atoms with Crippen molar-refractivity contribution in [3.05, 3.63) is 34.7 Å². The second-order valence-corrected chi connectivity index (χ2v) is 8.78. The highest BCUT2D eigenvalue weighted by Gasteiger charge is 2.33. The highest BCUT2D eigenvalue weighted by atomic mass is 32.2. The van der Waals surface area contributed by atoms with Crippen molar-refractivity contribution in [2.24, 2.45) is 0 Å². The molecule has 156 valence electrons. The Morgan fingerprint density at radius 1 is 1.34 bits per heavy atom. The largest absolute Gasteiger partial charge is 0.497 e. The van der Waals surface area contributed by atoms with Gasteiger partial charge in [0.2, 0.25) is 5.91 Å². The molecule has 0 radical (unpaired) electrons. The molecule has 8 heteroatoms. The molecule has 3 rings (SSSR count). The molecular formula is C21H26N2O4S2. The molecule has 2 heterocycles. The Morgan fingerprint density at radius 2 is 2.10 bits per heavy atom. The maximum absolute atomic E-state index is 12.8. The van der Waals surface area contributed by atoms with Crippen molar-refractivity contribution >= 4 is 46.2 Å². The van der Waals surface area contributed by atoms with Crippen LogP contribution in [0.4, 0.5) is 0 Å². The minimum atomic E-state index is -0.158. The van der Waals surface area contributed by atoms with Gasteiger partial charge >= 0.3 is 0 Å². The third-order valence-corrected chi connectivity index (χ3v) is 6.62. The van der Waals surface area contributed by atoms with E-state index < -0.39 is 0 Å². The molecule has 29 heavy (non-hydrogen) atoms. The van der Waals surface area contributed by atoms with Gasteiger partial charge in [0.1, 0.15) is 10.1 Å². The Labute approximate surface area is 180 Å². The lowest BCUT2D eigenvalue weighted by molar-refractivity contribution is -0.135. The van der Waals surface area contributed by atoms with Crippen molar-refractivity contribution < 1.29 is 19.4 Å². The van der Waals surface area contributed by atoms with E-state index in [2.05, 4.69) is 0 Å². The van der Waals surface area contributed by atoms with Gasteiger partial charge in [-0.1, -0.05) is 36.1 Å². The first kappa shape index (κ1) is 21.8. The minimum Gasteiger partial charge on any atom is -0.497 e. The molecule has 1 N–H and O–H groups in total. The van der Waals surface area contributed by atoms with E-state index in [1.807, 2.05) is 35.2 Å². The number of aliphatic hydroxyl groups is 1. The number of benzene rings is 1. The summed E-state index contributed by atoms with van der Waals surface area (Å²) in [6, 6.07) is 7.54. The number of aliphatic hydroxyl groups excluding tert-OH is 1. The molecule has 2 aliphatic rings. The molecule has 2 aliphatic heterocycles. The number of thiocarbonyl (C=S) groups is 1. The Kier molecular flexibility index (Phi) is 7.69. The summed E-state index contributed by atoms with van der Waals surface area (Å²) in [4.78, 5) is 29.4. The average Bonchev–Trinajstić information content (AvgIpc) is 3.00. The van der Waals surface area contributed by atoms with E-state index in [0.717, 1.165) is 37.1 Å². The lowest BCUT2D eigenvalue weighted by Gasteiger charge is -2.36. The number of piperidine rings is 1. The zero-order valence-electron chi connectivity index (χ0n) is 16.5. The fourth-order valence-electron chi connectivity index (χ4n) is 3.67. The van der Waals surface area contributed by atoms with Crippen molar-refractivity contribution in [3.63, 3.8) is 0 Å². The third-order valence-electron chi connectivity index (χ3n) is 5.25. The minimum absolute atomic E-state index is 0.0244. The molecule has 0 saturated carbocycles. The normalized spacial score (nSPS) is 21.2. The maximum atomic E-state index is 12.8. The molecule has 1 atom stereocenters. The van der Waals surface area contributed by atoms with E-state index in [-0.39, 0.29) is 37.4 Å². The van der Waals surface area contributed by atoms with Crippen LogP contribution in [0.25, 0.3) is 6.08 Å². The van der Waals surface area contributed by atoms with Gasteiger partial charge in [0.05, 0.1) is 12.0 Å². The number of carbonyl (C=O) groups excluding carboxylic acids is 2. The van der Waals surface area contributed by atoms with Gasteiger partial charge < -0.3 is 14.7 Å². The van der Waals surface area contributed by atoms with Crippen LogP contribution in [0.15, 0.2) is 29.2 Å². The van der Waals surface area contributed by atoms with Crippen molar-refractivity contribution in [2.75, 3.05) is 26.8 Å². The fraction of sp³-hybridized carbons (Fsp3) is 0.476. The van der Waals surface area contributed by atoms with Crippen molar-refractivity contribution in [1.82, 2.24) is 9.80 Å². The zero-order valence-corrected chi connectivity index (χ0v) is 18.1. The van der Waals surface area contributed by atoms with Crippen LogP contribution in [-0.2, 0) is 9.59 Å². The number of nitrogens with zero attached hydrogens (tertiary/aromatic N) is 2. The first-order valence-electron chi connectivity index (χ1n) is 9.83. The monoisotopic (exact) mass is 434 g/mol. The van der Waals surface area contributed by atoms with Crippen LogP contribution >= 0.6 is 24.0 Å². The first-order chi connectivity index (χ1) is 14.0. The highest BCUT2D eigenvalue weighted by Crippen LogP contribution is 2.33. The summed E-state index contributed by atoms with van der Waals surface area (Å²) < 4.78 is 5.63. The lowest BCUT2D eigenvalue weighted by Crippen LogP contribution is -2.45. The molecule has 6 nitrogen and oxygen atoms in total. The third kappa shape index (κ3) is 5.38. The van der Waals surface area contributed by atoms with Crippen molar-refractivity contribution in [2.45, 2.75) is 38.1 Å². The van der Waals surface area contributed by atoms with Crippen LogP contribution in [0.2, 0.25) is 0 Å². The number of thioether (sulfide) groups is 1. The van der Waals surface area contributed by atoms with E-state index in [1.165, 1.54) is 16.7 Å². The van der Waals surface area contributed by atoms with Crippen LogP contribution in [0.1, 0.15) is 37.7 Å². The van der Waals surface area contributed by atoms with Crippen LogP contribution in [0.5, 0.6) is 5.75 Å². The SMILES string of the molecule is COc1ccc(/C=C2/SC(=S)N(CCC(=O)N3CCCC[C@@H]3CCO)C2=O)cc1. The molecule has 0 aliphatic carbocycles. The number of carbonyl (C=O) groups is 2. The number of rotatable bonds is 7. The topological polar surface area (TPSA) is 70.1 Å². The molecule has 0 aromatic heterocycles. The lowest BCUT2D eigenvalue weighted by atomic mass is 9.99. The van der Waals surface area contributed by atoms with Gasteiger partial charge in [-0.2, -0.15) is 0 Å². The summed E-state index contributed by atoms with van der Waals surface area (Å²) in [7, 11) is 1.61. The number of likely N-dealkylation sites (tertiary alicyclic amines) is 1. The van der Waals surface area contributed by atoms with Crippen LogP contribution in [-0.4, -0.2) is 63.9 Å². The second kappa shape index (κ2) is 10.2. The molecule has 2 saturated heterocycles. The standard InChI is InChI=1S/C21H26N2O4S2/c1-27-17-7-5-15(6-8-17)14-18-20(26)23(21(28)29-18)12-9-19(25)22-11-3-2-4-16(22)10-13-24/h5-8,14,16,24H,2-4,9-13H2,1H3/b18-14+/t16-/m1/s1. The smallest absolute Gasteiger partial charge is 0.266 e. The average molecular weight is 435 g/mol. The molecule has 1 aromatic rings. The first-order valence-corrected chi connectivity index (χ1v) is 11.1. The van der Waals surface area contributed by atoms with E-state index in [1.54, 1.807) is 7.11 Å². The number of hydrogen-bond acceptors (Lipinski definition) is 6. The summed E-state index contributed by atoms with van der Waals surface area (Å²) in [5.74, 6) is 0.621. The Balaban J connectivity index is 1.61. The number of hydrogen-bond donors (Lipinski definition) is 1. The van der Waals surface area contributed by atoms with Gasteiger partial charge in [0, 0.05) is 32.2 Å². The summed E-state index contributed by atoms with van der Waals surface area (Å²) >= 11 is 6.64. The van der Waals surface area contributed by atoms with Crippen LogP contribution in [0.3, 0.4) is 0 Å². The van der Waals surface area contributed by atoms with E-state index in [0.29, 0.717) is 15.6 Å². The Hall–Kier alpha value is -1.90. The second-order valence-electron chi connectivity index (χ2n) is 7.11. The molecule has 0 unspecified atom stereocenters. The van der Waals surface area contributed by atoms with E-state index in [9.17, 15) is 14.7 Å². The Bertz CT molecular complexity index is 792. The van der Waals surface area contributed by atoms with Gasteiger partial charge in [-0.15, -0.1) is 0 Å². The predicted molar refractivity (Wildman–Crippen MR) is 119 cm³/mol. The molecule has 2 amide bonds. The molecule has 1 aromatic carbocycles. The van der Waals surface area contributed by atoms with Crippen molar-refractivity contribution in [1.29, 1.82) is 0 Å². The summed E-state index contributed by atoms with van der Waals surface area (Å²) in [6.07, 6.45) is 5.65. The quantitative estimate of drug-likeness (QED) is 0.525. The molecule has 2 fully saturated rings. The Morgan fingerprint density at radius 3 is 2.79 bits per heavy atom. The fourth-order valence-corrected chi connectivity index (χ4v) is 4.98. The summed E-state index contributed by atoms with van der Waals surface area (Å²) in [5, 5.41) is 9.25. The number of ether oxygens (including phenoxy) is 1. The maximum Gasteiger partial charge on any atom is 0.266 e. The molecule has 0 spiro atoms. The predicted octanol–water partition coefficient (Wildman–Crippen LogP) is 3.05. The van der Waals surface area contributed by atoms with Gasteiger partial charge in [-0.25, -0.2) is 0 Å². The van der Waals surface area contributed by atoms with Gasteiger partial charge in [-0.3, -0.25) is 14.5 Å². The van der Waals surface area contributed by atoms with Gasteiger partial charge in [0.15, 0.2) is 0 Å². The van der Waals surface area contributed by atoms with Crippen LogP contribution < -0.4 is 4.74 Å². The number of amides is 2. The zero-order chi connectivity index (χ0) is 20.8. The molecule has 0 bridgehead atoms. The van der Waals surface area contributed by atoms with E-state index in [4.69, 9.17) is 17.0 Å². The molecular weight excluding hydrogens is 408 g/mol. The number of methoxy groups -OCH3 is 1. The highest BCUT2D eigenvalue weighted by molar-refractivity contribution is 8.26. The summed E-state index contributed by atoms with van der Waals surface area (Å²) in [5.41, 5.74) is 0.891. The van der Waals surface area contributed by atoms with Crippen molar-refractivity contribution in [3.8, 4) is 5.75 Å². The summed E-state index contributed by atoms with van der Waals surface area (Å²) in [6.45, 7) is 1.09. The van der Waals surface area contributed by atoms with Crippen LogP contribution in [0, 0.1) is 0 Å². The van der Waals surface area contributed by atoms with Gasteiger partial charge in [0.25, 0.3) is 5.91 Å². The van der Waals surface area contributed by atoms with Gasteiger partial charge in [-0.05, 0) is 49.5 Å².